The predicted molar refractivity (Wildman–Crippen MR) is 60.8 cm³/mol. The summed E-state index contributed by atoms with van der Waals surface area (Å²) in [4.78, 5) is 11.3. The third kappa shape index (κ3) is 9.73. The van der Waals surface area contributed by atoms with Crippen LogP contribution in [0.4, 0.5) is 0 Å². The zero-order valence-corrected chi connectivity index (χ0v) is 10.6. The van der Waals surface area contributed by atoms with Crippen LogP contribution in [0.1, 0.15) is 53.4 Å². The van der Waals surface area contributed by atoms with Gasteiger partial charge in [0, 0.05) is 13.5 Å². The Bertz CT molecular complexity index is 182. The number of methoxy groups -OCH3 is 1. The van der Waals surface area contributed by atoms with E-state index in [-0.39, 0.29) is 17.7 Å². The maximum Gasteiger partial charge on any atom is 0.306 e. The Hall–Kier alpha value is -0.570. The lowest BCUT2D eigenvalue weighted by molar-refractivity contribution is -0.154. The highest BCUT2D eigenvalue weighted by Gasteiger charge is 2.15. The van der Waals surface area contributed by atoms with Crippen molar-refractivity contribution < 1.29 is 14.3 Å². The highest BCUT2D eigenvalue weighted by molar-refractivity contribution is 5.69. The second kappa shape index (κ2) is 6.83. The second-order valence-corrected chi connectivity index (χ2v) is 4.88. The topological polar surface area (TPSA) is 35.5 Å². The van der Waals surface area contributed by atoms with Crippen LogP contribution in [0.5, 0.6) is 0 Å². The lowest BCUT2D eigenvalue weighted by Crippen LogP contribution is -2.23. The first-order chi connectivity index (χ1) is 6.85. The van der Waals surface area contributed by atoms with Crippen LogP contribution in [0.25, 0.3) is 0 Å². The summed E-state index contributed by atoms with van der Waals surface area (Å²) in [7, 11) is 1.71. The van der Waals surface area contributed by atoms with E-state index in [2.05, 4.69) is 0 Å². The number of hydrogen-bond acceptors (Lipinski definition) is 3. The Morgan fingerprint density at radius 3 is 2.33 bits per heavy atom. The normalized spacial score (nSPS) is 13.7. The van der Waals surface area contributed by atoms with Crippen LogP contribution in [0.15, 0.2) is 0 Å². The van der Waals surface area contributed by atoms with E-state index in [1.165, 1.54) is 0 Å². The minimum atomic E-state index is -0.364. The van der Waals surface area contributed by atoms with Gasteiger partial charge >= 0.3 is 5.97 Å². The number of carbonyl (C=O) groups excluding carboxylic acids is 1. The molecule has 0 aliphatic rings. The molecule has 15 heavy (non-hydrogen) atoms. The van der Waals surface area contributed by atoms with Crippen LogP contribution in [0.2, 0.25) is 0 Å². The van der Waals surface area contributed by atoms with Gasteiger partial charge in [0.15, 0.2) is 0 Å². The lowest BCUT2D eigenvalue weighted by Gasteiger charge is -2.19. The van der Waals surface area contributed by atoms with Gasteiger partial charge in [-0.2, -0.15) is 0 Å². The van der Waals surface area contributed by atoms with E-state index in [1.54, 1.807) is 7.11 Å². The quantitative estimate of drug-likeness (QED) is 0.506. The number of hydrogen-bond donors (Lipinski definition) is 0. The van der Waals surface area contributed by atoms with Crippen molar-refractivity contribution in [1.29, 1.82) is 0 Å². The summed E-state index contributed by atoms with van der Waals surface area (Å²) < 4.78 is 10.3. The number of unbranched alkanes of at least 4 members (excludes halogenated alkanes) is 1. The molecule has 0 aliphatic heterocycles. The molecule has 0 amide bonds. The molecule has 3 nitrogen and oxygen atoms in total. The second-order valence-electron chi connectivity index (χ2n) is 4.88. The summed E-state index contributed by atoms with van der Waals surface area (Å²) in [5, 5.41) is 0. The summed E-state index contributed by atoms with van der Waals surface area (Å²) in [6.45, 7) is 7.70. The fourth-order valence-electron chi connectivity index (χ4n) is 1.21. The Morgan fingerprint density at radius 2 is 1.87 bits per heavy atom. The van der Waals surface area contributed by atoms with Crippen molar-refractivity contribution in [3.05, 3.63) is 0 Å². The van der Waals surface area contributed by atoms with Gasteiger partial charge in [0.05, 0.1) is 6.10 Å². The van der Waals surface area contributed by atoms with E-state index >= 15 is 0 Å². The Morgan fingerprint density at radius 1 is 1.27 bits per heavy atom. The highest BCUT2D eigenvalue weighted by atomic mass is 16.6. The maximum absolute atomic E-state index is 11.3. The average molecular weight is 216 g/mol. The van der Waals surface area contributed by atoms with Crippen LogP contribution < -0.4 is 0 Å². The molecule has 0 aromatic heterocycles. The predicted octanol–water partition coefficient (Wildman–Crippen LogP) is 2.92. The monoisotopic (exact) mass is 216 g/mol. The molecule has 0 aromatic carbocycles. The highest BCUT2D eigenvalue weighted by Crippen LogP contribution is 2.11. The molecule has 0 aliphatic carbocycles. The van der Waals surface area contributed by atoms with E-state index in [1.807, 2.05) is 27.7 Å². The third-order valence-corrected chi connectivity index (χ3v) is 2.06. The van der Waals surface area contributed by atoms with Gasteiger partial charge in [-0.3, -0.25) is 4.79 Å². The number of esters is 1. The van der Waals surface area contributed by atoms with Crippen molar-refractivity contribution in [3.63, 3.8) is 0 Å². The minimum Gasteiger partial charge on any atom is -0.460 e. The van der Waals surface area contributed by atoms with Crippen molar-refractivity contribution in [2.75, 3.05) is 7.11 Å². The van der Waals surface area contributed by atoms with Crippen LogP contribution in [-0.2, 0) is 14.3 Å². The lowest BCUT2D eigenvalue weighted by atomic mass is 10.1. The Kier molecular flexibility index (Phi) is 6.57. The van der Waals surface area contributed by atoms with Gasteiger partial charge in [-0.05, 0) is 40.5 Å². The fraction of sp³-hybridized carbons (Fsp3) is 0.917. The average Bonchev–Trinajstić information content (AvgIpc) is 2.09. The Labute approximate surface area is 93.1 Å². The molecular weight excluding hydrogens is 192 g/mol. The number of rotatable bonds is 6. The van der Waals surface area contributed by atoms with Crippen LogP contribution >= 0.6 is 0 Å². The van der Waals surface area contributed by atoms with Crippen molar-refractivity contribution in [2.24, 2.45) is 0 Å². The van der Waals surface area contributed by atoms with Crippen molar-refractivity contribution in [3.8, 4) is 0 Å². The van der Waals surface area contributed by atoms with E-state index in [9.17, 15) is 4.79 Å². The molecule has 3 heteroatoms. The molecule has 0 fully saturated rings. The standard InChI is InChI=1S/C12H24O3/c1-10(14-5)8-6-7-9-11(13)15-12(2,3)4/h10H,6-9H2,1-5H3. The van der Waals surface area contributed by atoms with E-state index in [4.69, 9.17) is 9.47 Å². The molecule has 0 spiro atoms. The van der Waals surface area contributed by atoms with Crippen LogP contribution in [0.3, 0.4) is 0 Å². The van der Waals surface area contributed by atoms with Gasteiger partial charge in [-0.1, -0.05) is 6.42 Å². The molecule has 0 bridgehead atoms. The number of ether oxygens (including phenoxy) is 2. The zero-order valence-electron chi connectivity index (χ0n) is 10.6. The molecule has 0 saturated carbocycles. The fourth-order valence-corrected chi connectivity index (χ4v) is 1.21. The van der Waals surface area contributed by atoms with Crippen LogP contribution in [-0.4, -0.2) is 24.8 Å². The molecule has 0 heterocycles. The minimum absolute atomic E-state index is 0.104. The number of carbonyl (C=O) groups is 1. The zero-order chi connectivity index (χ0) is 11.9. The summed E-state index contributed by atoms with van der Waals surface area (Å²) in [6.07, 6.45) is 3.67. The summed E-state index contributed by atoms with van der Waals surface area (Å²) >= 11 is 0. The van der Waals surface area contributed by atoms with Gasteiger partial charge in [0.25, 0.3) is 0 Å². The van der Waals surface area contributed by atoms with E-state index < -0.39 is 0 Å². The molecule has 0 saturated heterocycles. The molecule has 90 valence electrons. The van der Waals surface area contributed by atoms with E-state index in [0.717, 1.165) is 19.3 Å². The molecule has 0 N–H and O–H groups in total. The van der Waals surface area contributed by atoms with Gasteiger partial charge in [-0.15, -0.1) is 0 Å². The largest absolute Gasteiger partial charge is 0.460 e. The smallest absolute Gasteiger partial charge is 0.306 e. The molecule has 0 rings (SSSR count). The summed E-state index contributed by atoms with van der Waals surface area (Å²) in [6, 6.07) is 0. The third-order valence-electron chi connectivity index (χ3n) is 2.06. The van der Waals surface area contributed by atoms with E-state index in [0.29, 0.717) is 6.42 Å². The first-order valence-electron chi connectivity index (χ1n) is 5.60. The van der Waals surface area contributed by atoms with Gasteiger partial charge < -0.3 is 9.47 Å². The maximum atomic E-state index is 11.3. The van der Waals surface area contributed by atoms with Crippen molar-refractivity contribution >= 4 is 5.97 Å². The summed E-state index contributed by atoms with van der Waals surface area (Å²) in [5.41, 5.74) is -0.364. The van der Waals surface area contributed by atoms with Gasteiger partial charge in [-0.25, -0.2) is 0 Å². The molecule has 0 aromatic rings. The van der Waals surface area contributed by atoms with Crippen molar-refractivity contribution in [2.45, 2.75) is 65.1 Å². The van der Waals surface area contributed by atoms with Crippen LogP contribution in [0, 0.1) is 0 Å². The SMILES string of the molecule is COC(C)CCCCC(=O)OC(C)(C)C. The molecule has 1 atom stereocenters. The first kappa shape index (κ1) is 14.4. The van der Waals surface area contributed by atoms with Gasteiger partial charge in [0.1, 0.15) is 5.60 Å². The van der Waals surface area contributed by atoms with Crippen molar-refractivity contribution in [1.82, 2.24) is 0 Å². The molecular formula is C12H24O3. The first-order valence-corrected chi connectivity index (χ1v) is 5.60. The van der Waals surface area contributed by atoms with Gasteiger partial charge in [0.2, 0.25) is 0 Å². The summed E-state index contributed by atoms with van der Waals surface area (Å²) in [5.74, 6) is -0.104. The molecule has 0 radical (unpaired) electrons. The molecule has 1 unspecified atom stereocenters. The Balaban J connectivity index is 3.48.